The van der Waals surface area contributed by atoms with Crippen molar-refractivity contribution in [2.45, 2.75) is 40.2 Å². The van der Waals surface area contributed by atoms with Crippen molar-refractivity contribution in [1.82, 2.24) is 15.1 Å². The number of hydrogen-bond donors (Lipinski definition) is 1. The minimum atomic E-state index is -0.191. The number of nitrogens with one attached hydrogen (secondary N) is 1. The minimum Gasteiger partial charge on any atom is -0.465 e. The van der Waals surface area contributed by atoms with Crippen LogP contribution in [0.2, 0.25) is 0 Å². The second kappa shape index (κ2) is 12.0. The van der Waals surface area contributed by atoms with Gasteiger partial charge in [-0.05, 0) is 39.9 Å². The first-order chi connectivity index (χ1) is 9.90. The molecule has 0 aliphatic carbocycles. The van der Waals surface area contributed by atoms with E-state index in [0.29, 0.717) is 12.5 Å². The molecule has 1 N–H and O–H groups in total. The number of likely N-dealkylation sites (N-methyl/N-ethyl adjacent to an activating group) is 2. The van der Waals surface area contributed by atoms with E-state index in [2.05, 4.69) is 43.1 Å². The molecule has 1 unspecified atom stereocenters. The summed E-state index contributed by atoms with van der Waals surface area (Å²) in [5, 5.41) is 3.23. The largest absolute Gasteiger partial charge is 0.465 e. The highest BCUT2D eigenvalue weighted by atomic mass is 16.5. The van der Waals surface area contributed by atoms with Gasteiger partial charge in [-0.2, -0.15) is 0 Å². The lowest BCUT2D eigenvalue weighted by molar-refractivity contribution is -0.145. The van der Waals surface area contributed by atoms with Gasteiger partial charge in [-0.3, -0.25) is 4.79 Å². The maximum atomic E-state index is 11.9. The molecule has 1 atom stereocenters. The average Bonchev–Trinajstić information content (AvgIpc) is 2.39. The third kappa shape index (κ3) is 10.7. The molecule has 0 amide bonds. The number of rotatable bonds is 12. The fourth-order valence-electron chi connectivity index (χ4n) is 2.26. The first-order valence-electron chi connectivity index (χ1n) is 8.17. The van der Waals surface area contributed by atoms with Gasteiger partial charge < -0.3 is 19.9 Å². The summed E-state index contributed by atoms with van der Waals surface area (Å²) in [7, 11) is 4.18. The minimum absolute atomic E-state index is 0.128. The number of carbonyl (C=O) groups excluding carboxylic acids is 1. The van der Waals surface area contributed by atoms with E-state index >= 15 is 0 Å². The molecule has 21 heavy (non-hydrogen) atoms. The topological polar surface area (TPSA) is 44.8 Å². The fraction of sp³-hybridized carbons (Fsp3) is 0.938. The Labute approximate surface area is 131 Å². The molecule has 0 aliphatic heterocycles. The SMILES string of the molecule is CCNC(CCN(CCN(C)C)CC(C)C)C(=O)OCC. The third-order valence-electron chi connectivity index (χ3n) is 3.24. The fourth-order valence-corrected chi connectivity index (χ4v) is 2.26. The molecule has 126 valence electrons. The summed E-state index contributed by atoms with van der Waals surface area (Å²) in [6.45, 7) is 13.6. The van der Waals surface area contributed by atoms with Crippen molar-refractivity contribution in [3.8, 4) is 0 Å². The molecule has 0 heterocycles. The third-order valence-corrected chi connectivity index (χ3v) is 3.24. The molecular weight excluding hydrogens is 266 g/mol. The quantitative estimate of drug-likeness (QED) is 0.553. The predicted octanol–water partition coefficient (Wildman–Crippen LogP) is 1.44. The van der Waals surface area contributed by atoms with Crippen LogP contribution in [0.4, 0.5) is 0 Å². The van der Waals surface area contributed by atoms with Gasteiger partial charge in [0.1, 0.15) is 6.04 Å². The highest BCUT2D eigenvalue weighted by molar-refractivity contribution is 5.75. The highest BCUT2D eigenvalue weighted by Gasteiger charge is 2.20. The summed E-state index contributed by atoms with van der Waals surface area (Å²) in [5.74, 6) is 0.504. The maximum absolute atomic E-state index is 11.9. The van der Waals surface area contributed by atoms with E-state index in [1.165, 1.54) is 0 Å². The van der Waals surface area contributed by atoms with Crippen molar-refractivity contribution in [1.29, 1.82) is 0 Å². The highest BCUT2D eigenvalue weighted by Crippen LogP contribution is 2.04. The molecule has 5 nitrogen and oxygen atoms in total. The van der Waals surface area contributed by atoms with Crippen molar-refractivity contribution in [2.75, 3.05) is 53.4 Å². The van der Waals surface area contributed by atoms with Crippen LogP contribution in [0.25, 0.3) is 0 Å². The van der Waals surface area contributed by atoms with Crippen LogP contribution < -0.4 is 5.32 Å². The summed E-state index contributed by atoms with van der Waals surface area (Å²) < 4.78 is 5.14. The van der Waals surface area contributed by atoms with Gasteiger partial charge in [0.05, 0.1) is 6.61 Å². The Bertz CT molecular complexity index is 270. The van der Waals surface area contributed by atoms with Gasteiger partial charge in [0.2, 0.25) is 0 Å². The van der Waals surface area contributed by atoms with E-state index in [1.807, 2.05) is 13.8 Å². The molecule has 0 saturated heterocycles. The van der Waals surface area contributed by atoms with Crippen LogP contribution in [0.1, 0.15) is 34.1 Å². The van der Waals surface area contributed by atoms with Crippen LogP contribution in [-0.4, -0.2) is 75.2 Å². The molecular formula is C16H35N3O2. The lowest BCUT2D eigenvalue weighted by atomic mass is 10.1. The number of carbonyl (C=O) groups is 1. The van der Waals surface area contributed by atoms with E-state index in [-0.39, 0.29) is 12.0 Å². The first kappa shape index (κ1) is 20.3. The molecule has 0 spiro atoms. The molecule has 0 radical (unpaired) electrons. The van der Waals surface area contributed by atoms with Crippen molar-refractivity contribution < 1.29 is 9.53 Å². The van der Waals surface area contributed by atoms with E-state index < -0.39 is 0 Å². The van der Waals surface area contributed by atoms with E-state index in [9.17, 15) is 4.79 Å². The molecule has 0 saturated carbocycles. The van der Waals surface area contributed by atoms with Crippen molar-refractivity contribution in [2.24, 2.45) is 5.92 Å². The number of hydrogen-bond acceptors (Lipinski definition) is 5. The van der Waals surface area contributed by atoms with Crippen molar-refractivity contribution in [3.05, 3.63) is 0 Å². The Hall–Kier alpha value is -0.650. The molecule has 0 aromatic carbocycles. The van der Waals surface area contributed by atoms with Crippen LogP contribution in [0.3, 0.4) is 0 Å². The first-order valence-corrected chi connectivity index (χ1v) is 8.17. The smallest absolute Gasteiger partial charge is 0.323 e. The standard InChI is InChI=1S/C16H35N3O2/c1-7-17-15(16(20)21-8-2)9-10-19(13-14(3)4)12-11-18(5)6/h14-15,17H,7-13H2,1-6H3. The van der Waals surface area contributed by atoms with E-state index in [0.717, 1.165) is 39.1 Å². The molecule has 0 aliphatic rings. The van der Waals surface area contributed by atoms with Crippen LogP contribution in [-0.2, 0) is 9.53 Å². The lowest BCUT2D eigenvalue weighted by Crippen LogP contribution is -2.42. The summed E-state index contributed by atoms with van der Waals surface area (Å²) in [6.07, 6.45) is 0.798. The zero-order valence-corrected chi connectivity index (χ0v) is 14.8. The van der Waals surface area contributed by atoms with Gasteiger partial charge in [0, 0.05) is 26.2 Å². The molecule has 5 heteroatoms. The summed E-state index contributed by atoms with van der Waals surface area (Å²) in [4.78, 5) is 16.6. The van der Waals surface area contributed by atoms with Crippen LogP contribution in [0, 0.1) is 5.92 Å². The second-order valence-electron chi connectivity index (χ2n) is 6.15. The van der Waals surface area contributed by atoms with Gasteiger partial charge in [-0.1, -0.05) is 20.8 Å². The van der Waals surface area contributed by atoms with Crippen LogP contribution in [0.15, 0.2) is 0 Å². The molecule has 0 bridgehead atoms. The van der Waals surface area contributed by atoms with Crippen molar-refractivity contribution in [3.63, 3.8) is 0 Å². The predicted molar refractivity (Wildman–Crippen MR) is 88.5 cm³/mol. The maximum Gasteiger partial charge on any atom is 0.323 e. The molecule has 0 aromatic heterocycles. The van der Waals surface area contributed by atoms with Gasteiger partial charge in [0.25, 0.3) is 0 Å². The summed E-state index contributed by atoms with van der Waals surface area (Å²) >= 11 is 0. The molecule has 0 aromatic rings. The van der Waals surface area contributed by atoms with Gasteiger partial charge in [-0.25, -0.2) is 0 Å². The zero-order valence-electron chi connectivity index (χ0n) is 14.8. The number of esters is 1. The van der Waals surface area contributed by atoms with E-state index in [4.69, 9.17) is 4.74 Å². The Kier molecular flexibility index (Phi) is 11.6. The Balaban J connectivity index is 4.40. The zero-order chi connectivity index (χ0) is 16.3. The van der Waals surface area contributed by atoms with E-state index in [1.54, 1.807) is 0 Å². The Morgan fingerprint density at radius 1 is 1.14 bits per heavy atom. The Morgan fingerprint density at radius 3 is 2.29 bits per heavy atom. The van der Waals surface area contributed by atoms with Crippen LogP contribution in [0.5, 0.6) is 0 Å². The molecule has 0 fully saturated rings. The monoisotopic (exact) mass is 301 g/mol. The number of ether oxygens (including phenoxy) is 1. The van der Waals surface area contributed by atoms with Gasteiger partial charge >= 0.3 is 5.97 Å². The van der Waals surface area contributed by atoms with Gasteiger partial charge in [0.15, 0.2) is 0 Å². The average molecular weight is 301 g/mol. The van der Waals surface area contributed by atoms with Crippen molar-refractivity contribution >= 4 is 5.97 Å². The number of nitrogens with zero attached hydrogens (tertiary/aromatic N) is 2. The lowest BCUT2D eigenvalue weighted by Gasteiger charge is -2.27. The van der Waals surface area contributed by atoms with Gasteiger partial charge in [-0.15, -0.1) is 0 Å². The Morgan fingerprint density at radius 2 is 1.81 bits per heavy atom. The molecule has 0 rings (SSSR count). The summed E-state index contributed by atoms with van der Waals surface area (Å²) in [5.41, 5.74) is 0. The van der Waals surface area contributed by atoms with Crippen LogP contribution >= 0.6 is 0 Å². The second-order valence-corrected chi connectivity index (χ2v) is 6.15. The summed E-state index contributed by atoms with van der Waals surface area (Å²) in [6, 6.07) is -0.191. The normalized spacial score (nSPS) is 13.2.